The highest BCUT2D eigenvalue weighted by Gasteiger charge is 2.39. The van der Waals surface area contributed by atoms with Gasteiger partial charge in [0.15, 0.2) is 16.5 Å². The van der Waals surface area contributed by atoms with Gasteiger partial charge in [0, 0.05) is 30.0 Å². The van der Waals surface area contributed by atoms with Crippen molar-refractivity contribution in [3.8, 4) is 11.5 Å². The quantitative estimate of drug-likeness (QED) is 0.449. The van der Waals surface area contributed by atoms with Gasteiger partial charge >= 0.3 is 0 Å². The average molecular weight is 526 g/mol. The number of nitrogens with one attached hydrogen (secondary N) is 2. The Labute approximate surface area is 217 Å². The van der Waals surface area contributed by atoms with Crippen LogP contribution in [0, 0.1) is 5.92 Å². The van der Waals surface area contributed by atoms with Gasteiger partial charge in [-0.3, -0.25) is 4.79 Å². The van der Waals surface area contributed by atoms with Gasteiger partial charge in [0.2, 0.25) is 0 Å². The minimum absolute atomic E-state index is 0.188. The zero-order chi connectivity index (χ0) is 26.8. The van der Waals surface area contributed by atoms with Gasteiger partial charge in [0.25, 0.3) is 15.9 Å². The highest BCUT2D eigenvalue weighted by molar-refractivity contribution is 7.90. The van der Waals surface area contributed by atoms with Crippen LogP contribution >= 0.6 is 0 Å². The second-order valence-electron chi connectivity index (χ2n) is 9.60. The number of rotatable bonds is 8. The molecule has 11 heteroatoms. The fourth-order valence-electron chi connectivity index (χ4n) is 4.67. The summed E-state index contributed by atoms with van der Waals surface area (Å²) < 4.78 is 38.9. The number of carbonyl (C=O) groups excluding carboxylic acids is 1. The maximum atomic E-state index is 13.2. The van der Waals surface area contributed by atoms with Crippen molar-refractivity contribution in [3.63, 3.8) is 0 Å². The Bertz CT molecular complexity index is 1410. The average Bonchev–Trinajstić information content (AvgIpc) is 3.15. The molecule has 1 atom stereocenters. The largest absolute Gasteiger partial charge is 0.493 e. The van der Waals surface area contributed by atoms with Gasteiger partial charge in [-0.1, -0.05) is 13.0 Å². The molecule has 1 aliphatic heterocycles. The van der Waals surface area contributed by atoms with Gasteiger partial charge in [-0.05, 0) is 62.6 Å². The maximum absolute atomic E-state index is 13.2. The molecule has 1 unspecified atom stereocenters. The summed E-state index contributed by atoms with van der Waals surface area (Å²) in [5, 5.41) is 2.75. The lowest BCUT2D eigenvalue weighted by Gasteiger charge is -2.33. The van der Waals surface area contributed by atoms with E-state index in [0.717, 1.165) is 13.0 Å². The van der Waals surface area contributed by atoms with Crippen molar-refractivity contribution in [2.75, 3.05) is 31.0 Å². The molecule has 0 bridgehead atoms. The van der Waals surface area contributed by atoms with E-state index in [1.54, 1.807) is 48.7 Å². The van der Waals surface area contributed by atoms with Crippen LogP contribution in [0.1, 0.15) is 37.6 Å². The lowest BCUT2D eigenvalue weighted by Crippen LogP contribution is -2.41. The summed E-state index contributed by atoms with van der Waals surface area (Å²) in [6.45, 7) is 7.04. The normalized spacial score (nSPS) is 16.8. The number of amides is 1. The van der Waals surface area contributed by atoms with Crippen molar-refractivity contribution in [3.05, 3.63) is 60.3 Å². The summed E-state index contributed by atoms with van der Waals surface area (Å²) in [6.07, 6.45) is 2.54. The van der Waals surface area contributed by atoms with Crippen molar-refractivity contribution in [1.29, 1.82) is 0 Å². The molecule has 3 heterocycles. The Morgan fingerprint density at radius 1 is 1.08 bits per heavy atom. The van der Waals surface area contributed by atoms with Crippen LogP contribution in [0.3, 0.4) is 0 Å². The lowest BCUT2D eigenvalue weighted by molar-refractivity contribution is 0.0981. The summed E-state index contributed by atoms with van der Waals surface area (Å²) in [7, 11) is -1.21. The van der Waals surface area contributed by atoms with Crippen LogP contribution < -0.4 is 24.4 Å². The number of nitrogens with zero attached hydrogens (tertiary/aromatic N) is 3. The predicted molar refractivity (Wildman–Crippen MR) is 141 cm³/mol. The molecule has 1 aromatic carbocycles. The van der Waals surface area contributed by atoms with Crippen LogP contribution in [0.15, 0.2) is 59.8 Å². The monoisotopic (exact) mass is 525 g/mol. The number of aromatic nitrogens is 2. The van der Waals surface area contributed by atoms with E-state index >= 15 is 0 Å². The first kappa shape index (κ1) is 26.2. The molecule has 2 N–H and O–H groups in total. The zero-order valence-corrected chi connectivity index (χ0v) is 22.3. The molecule has 2 aromatic heterocycles. The van der Waals surface area contributed by atoms with Gasteiger partial charge in [-0.2, -0.15) is 8.42 Å². The second-order valence-corrected chi connectivity index (χ2v) is 11.2. The Kier molecular flexibility index (Phi) is 7.26. The van der Waals surface area contributed by atoms with Crippen molar-refractivity contribution in [2.45, 2.75) is 37.8 Å². The van der Waals surface area contributed by atoms with E-state index in [9.17, 15) is 13.2 Å². The lowest BCUT2D eigenvalue weighted by atomic mass is 9.97. The number of methoxy groups -OCH3 is 2. The van der Waals surface area contributed by atoms with Crippen molar-refractivity contribution in [2.24, 2.45) is 5.92 Å². The molecule has 0 aliphatic carbocycles. The van der Waals surface area contributed by atoms with Gasteiger partial charge in [-0.25, -0.2) is 14.7 Å². The second kappa shape index (κ2) is 10.3. The molecule has 1 fully saturated rings. The SMILES string of the molecule is COc1ccc(Nc2cccc(S(=O)(=O)NC(=O)c3cccnc3N3CC(C)CC3(C)C)n2)cc1OC. The summed E-state index contributed by atoms with van der Waals surface area (Å²) in [5.74, 6) is 1.45. The van der Waals surface area contributed by atoms with E-state index in [1.165, 1.54) is 20.3 Å². The first-order valence-corrected chi connectivity index (χ1v) is 13.3. The standard InChI is InChI=1S/C26H31N5O5S/c1-17-15-26(2,3)31(16-17)24-19(8-7-13-27-24)25(32)30-37(33,34)23-10-6-9-22(29-23)28-18-11-12-20(35-4)21(14-18)36-5/h6-14,17H,15-16H2,1-5H3,(H,28,29)(H,30,32). The first-order chi connectivity index (χ1) is 17.5. The fraction of sp³-hybridized carbons (Fsp3) is 0.346. The Balaban J connectivity index is 1.56. The molecule has 0 radical (unpaired) electrons. The van der Waals surface area contributed by atoms with Crippen molar-refractivity contribution >= 4 is 33.3 Å². The van der Waals surface area contributed by atoms with Crippen LogP contribution in [0.25, 0.3) is 0 Å². The van der Waals surface area contributed by atoms with E-state index in [0.29, 0.717) is 28.9 Å². The van der Waals surface area contributed by atoms with Gasteiger partial charge in [0.1, 0.15) is 11.6 Å². The molecule has 4 rings (SSSR count). The minimum atomic E-state index is -4.27. The Hall–Kier alpha value is -3.86. The molecule has 0 spiro atoms. The summed E-state index contributed by atoms with van der Waals surface area (Å²) in [6, 6.07) is 12.8. The number of carbonyl (C=O) groups is 1. The van der Waals surface area contributed by atoms with Crippen molar-refractivity contribution in [1.82, 2.24) is 14.7 Å². The molecular weight excluding hydrogens is 494 g/mol. The summed E-state index contributed by atoms with van der Waals surface area (Å²) >= 11 is 0. The first-order valence-electron chi connectivity index (χ1n) is 11.8. The smallest absolute Gasteiger partial charge is 0.281 e. The predicted octanol–water partition coefficient (Wildman–Crippen LogP) is 3.98. The molecule has 1 aliphatic rings. The van der Waals surface area contributed by atoms with E-state index in [4.69, 9.17) is 9.47 Å². The van der Waals surface area contributed by atoms with E-state index < -0.39 is 15.9 Å². The number of ether oxygens (including phenoxy) is 2. The van der Waals surface area contributed by atoms with Crippen LogP contribution in [-0.4, -0.2) is 50.6 Å². The third-order valence-electron chi connectivity index (χ3n) is 6.24. The fourth-order valence-corrected chi connectivity index (χ4v) is 5.61. The van der Waals surface area contributed by atoms with Gasteiger partial charge in [-0.15, -0.1) is 0 Å². The van der Waals surface area contributed by atoms with E-state index in [-0.39, 0.29) is 21.9 Å². The topological polar surface area (TPSA) is 123 Å². The van der Waals surface area contributed by atoms with E-state index in [2.05, 4.69) is 45.7 Å². The number of hydrogen-bond acceptors (Lipinski definition) is 9. The maximum Gasteiger partial charge on any atom is 0.281 e. The zero-order valence-electron chi connectivity index (χ0n) is 21.5. The van der Waals surface area contributed by atoms with E-state index in [1.807, 2.05) is 0 Å². The van der Waals surface area contributed by atoms with Gasteiger partial charge in [0.05, 0.1) is 19.8 Å². The van der Waals surface area contributed by atoms with Crippen LogP contribution in [0.4, 0.5) is 17.3 Å². The van der Waals surface area contributed by atoms with Crippen molar-refractivity contribution < 1.29 is 22.7 Å². The van der Waals surface area contributed by atoms with Crippen LogP contribution in [-0.2, 0) is 10.0 Å². The summed E-state index contributed by atoms with van der Waals surface area (Å²) in [5.41, 5.74) is 0.590. The minimum Gasteiger partial charge on any atom is -0.493 e. The Morgan fingerprint density at radius 3 is 2.51 bits per heavy atom. The number of pyridine rings is 2. The molecule has 1 saturated heterocycles. The number of hydrogen-bond donors (Lipinski definition) is 2. The van der Waals surface area contributed by atoms with Gasteiger partial charge < -0.3 is 19.7 Å². The molecular formula is C26H31N5O5S. The molecule has 196 valence electrons. The number of benzene rings is 1. The molecule has 0 saturated carbocycles. The van der Waals surface area contributed by atoms with Crippen LogP contribution in [0.2, 0.25) is 0 Å². The molecule has 1 amide bonds. The molecule has 10 nitrogen and oxygen atoms in total. The van der Waals surface area contributed by atoms with Crippen LogP contribution in [0.5, 0.6) is 11.5 Å². The highest BCUT2D eigenvalue weighted by atomic mass is 32.2. The number of sulfonamides is 1. The molecule has 3 aromatic rings. The third-order valence-corrected chi connectivity index (χ3v) is 7.47. The highest BCUT2D eigenvalue weighted by Crippen LogP contribution is 2.37. The molecule has 37 heavy (non-hydrogen) atoms. The summed E-state index contributed by atoms with van der Waals surface area (Å²) in [4.78, 5) is 23.9. The Morgan fingerprint density at radius 2 is 1.84 bits per heavy atom. The number of anilines is 3. The third kappa shape index (κ3) is 5.61.